The normalized spacial score (nSPS) is 9.18. The number of rotatable bonds is 2. The Kier molecular flexibility index (Phi) is 2.13. The zero-order chi connectivity index (χ0) is 8.27. The minimum absolute atomic E-state index is 0.544. The van der Waals surface area contributed by atoms with Crippen LogP contribution < -0.4 is 17.0 Å². The van der Waals surface area contributed by atoms with Crippen LogP contribution in [-0.2, 0) is 0 Å². The van der Waals surface area contributed by atoms with Gasteiger partial charge in [-0.2, -0.15) is 0 Å². The number of hydrazine groups is 1. The molecular formula is C8H11N3. The maximum absolute atomic E-state index is 5.47. The summed E-state index contributed by atoms with van der Waals surface area (Å²) in [6.07, 6.45) is 0. The van der Waals surface area contributed by atoms with E-state index in [0.717, 1.165) is 11.3 Å². The molecule has 3 heteroatoms. The average molecular weight is 149 g/mol. The molecule has 1 aromatic carbocycles. The van der Waals surface area contributed by atoms with E-state index >= 15 is 0 Å². The number of anilines is 1. The third-order valence-corrected chi connectivity index (χ3v) is 1.40. The lowest BCUT2D eigenvalue weighted by molar-refractivity contribution is 1.34. The number of benzene rings is 1. The molecule has 0 saturated carbocycles. The Bertz CT molecular complexity index is 268. The lowest BCUT2D eigenvalue weighted by atomic mass is 10.1. The van der Waals surface area contributed by atoms with Gasteiger partial charge in [0.15, 0.2) is 0 Å². The van der Waals surface area contributed by atoms with Crippen molar-refractivity contribution >= 4 is 11.4 Å². The fourth-order valence-corrected chi connectivity index (χ4v) is 0.809. The molecule has 3 nitrogen and oxygen atoms in total. The minimum Gasteiger partial charge on any atom is -0.399 e. The highest BCUT2D eigenvalue weighted by Gasteiger charge is 1.93. The molecule has 0 heterocycles. The monoisotopic (exact) mass is 149 g/mol. The summed E-state index contributed by atoms with van der Waals surface area (Å²) in [6.45, 7) is 3.61. The fraction of sp³-hybridized carbons (Fsp3) is 0. The molecule has 0 aliphatic rings. The van der Waals surface area contributed by atoms with Gasteiger partial charge in [0.2, 0.25) is 0 Å². The van der Waals surface area contributed by atoms with Crippen molar-refractivity contribution in [3.05, 3.63) is 36.4 Å². The van der Waals surface area contributed by atoms with Crippen LogP contribution in [0.25, 0.3) is 5.70 Å². The first-order chi connectivity index (χ1) is 5.24. The first-order valence-corrected chi connectivity index (χ1v) is 3.25. The molecule has 0 atom stereocenters. The molecule has 0 amide bonds. The second-order valence-electron chi connectivity index (χ2n) is 2.25. The van der Waals surface area contributed by atoms with Crippen molar-refractivity contribution in [2.45, 2.75) is 0 Å². The van der Waals surface area contributed by atoms with Gasteiger partial charge in [-0.15, -0.1) is 0 Å². The van der Waals surface area contributed by atoms with E-state index in [1.807, 2.05) is 24.3 Å². The standard InChI is InChI=1S/C8H11N3/c1-6(9)7-3-2-4-8(5-7)11-10/h2-5,11H,1,9-10H2. The first kappa shape index (κ1) is 7.63. The van der Waals surface area contributed by atoms with E-state index in [4.69, 9.17) is 11.6 Å². The minimum atomic E-state index is 0.544. The van der Waals surface area contributed by atoms with Gasteiger partial charge in [0.1, 0.15) is 0 Å². The largest absolute Gasteiger partial charge is 0.399 e. The van der Waals surface area contributed by atoms with Crippen LogP contribution in [0.3, 0.4) is 0 Å². The zero-order valence-corrected chi connectivity index (χ0v) is 6.17. The van der Waals surface area contributed by atoms with Crippen LogP contribution in [0.2, 0.25) is 0 Å². The molecule has 0 aliphatic carbocycles. The molecule has 0 saturated heterocycles. The lowest BCUT2D eigenvalue weighted by Crippen LogP contribution is -2.07. The zero-order valence-electron chi connectivity index (χ0n) is 6.17. The second kappa shape index (κ2) is 3.07. The molecule has 0 aliphatic heterocycles. The Morgan fingerprint density at radius 2 is 2.18 bits per heavy atom. The van der Waals surface area contributed by atoms with E-state index < -0.39 is 0 Å². The molecule has 5 N–H and O–H groups in total. The van der Waals surface area contributed by atoms with Crippen molar-refractivity contribution in [1.82, 2.24) is 0 Å². The van der Waals surface area contributed by atoms with Crippen LogP contribution in [0.4, 0.5) is 5.69 Å². The topological polar surface area (TPSA) is 64.1 Å². The lowest BCUT2D eigenvalue weighted by Gasteiger charge is -2.02. The van der Waals surface area contributed by atoms with E-state index in [2.05, 4.69) is 12.0 Å². The van der Waals surface area contributed by atoms with E-state index in [0.29, 0.717) is 5.70 Å². The summed E-state index contributed by atoms with van der Waals surface area (Å²) >= 11 is 0. The first-order valence-electron chi connectivity index (χ1n) is 3.25. The van der Waals surface area contributed by atoms with Crippen LogP contribution in [0, 0.1) is 0 Å². The van der Waals surface area contributed by atoms with Crippen molar-refractivity contribution in [3.8, 4) is 0 Å². The third kappa shape index (κ3) is 1.72. The molecule has 0 aromatic heterocycles. The van der Waals surface area contributed by atoms with E-state index in [1.165, 1.54) is 0 Å². The molecular weight excluding hydrogens is 138 g/mol. The van der Waals surface area contributed by atoms with E-state index in [-0.39, 0.29) is 0 Å². The van der Waals surface area contributed by atoms with Crippen molar-refractivity contribution in [1.29, 1.82) is 0 Å². The highest BCUT2D eigenvalue weighted by Crippen LogP contribution is 2.12. The number of nitrogens with one attached hydrogen (secondary N) is 1. The van der Waals surface area contributed by atoms with Crippen LogP contribution in [-0.4, -0.2) is 0 Å². The van der Waals surface area contributed by atoms with Crippen LogP contribution >= 0.6 is 0 Å². The molecule has 0 unspecified atom stereocenters. The summed E-state index contributed by atoms with van der Waals surface area (Å²) in [6, 6.07) is 7.43. The van der Waals surface area contributed by atoms with E-state index in [9.17, 15) is 0 Å². The van der Waals surface area contributed by atoms with Crippen LogP contribution in [0.5, 0.6) is 0 Å². The molecule has 58 valence electrons. The summed E-state index contributed by atoms with van der Waals surface area (Å²) in [5, 5.41) is 0. The Morgan fingerprint density at radius 3 is 2.73 bits per heavy atom. The average Bonchev–Trinajstić information content (AvgIpc) is 2.05. The Morgan fingerprint density at radius 1 is 1.45 bits per heavy atom. The van der Waals surface area contributed by atoms with Crippen molar-refractivity contribution in [2.24, 2.45) is 11.6 Å². The van der Waals surface area contributed by atoms with E-state index in [1.54, 1.807) is 0 Å². The maximum atomic E-state index is 5.47. The van der Waals surface area contributed by atoms with Gasteiger partial charge in [0, 0.05) is 11.4 Å². The SMILES string of the molecule is C=C(N)c1cccc(NN)c1. The number of hydrogen-bond donors (Lipinski definition) is 3. The third-order valence-electron chi connectivity index (χ3n) is 1.40. The number of nitrogens with two attached hydrogens (primary N) is 2. The summed E-state index contributed by atoms with van der Waals surface area (Å²) < 4.78 is 0. The second-order valence-corrected chi connectivity index (χ2v) is 2.25. The van der Waals surface area contributed by atoms with Gasteiger partial charge in [-0.3, -0.25) is 5.84 Å². The number of hydrogen-bond acceptors (Lipinski definition) is 3. The smallest absolute Gasteiger partial charge is 0.0491 e. The quantitative estimate of drug-likeness (QED) is 0.432. The Balaban J connectivity index is 3.01. The predicted molar refractivity (Wildman–Crippen MR) is 47.5 cm³/mol. The molecule has 1 rings (SSSR count). The maximum Gasteiger partial charge on any atom is 0.0491 e. The molecule has 1 aromatic rings. The fourth-order valence-electron chi connectivity index (χ4n) is 0.809. The highest BCUT2D eigenvalue weighted by atomic mass is 15.2. The highest BCUT2D eigenvalue weighted by molar-refractivity contribution is 5.64. The van der Waals surface area contributed by atoms with Gasteiger partial charge in [-0.25, -0.2) is 0 Å². The van der Waals surface area contributed by atoms with Crippen molar-refractivity contribution in [3.63, 3.8) is 0 Å². The van der Waals surface area contributed by atoms with Gasteiger partial charge < -0.3 is 11.2 Å². The summed E-state index contributed by atoms with van der Waals surface area (Å²) in [5.74, 6) is 5.20. The Hall–Kier alpha value is -1.48. The summed E-state index contributed by atoms with van der Waals surface area (Å²) in [5.41, 5.74) is 10.3. The van der Waals surface area contributed by atoms with Crippen molar-refractivity contribution < 1.29 is 0 Å². The number of nitrogen functional groups attached to an aromatic ring is 1. The Labute approximate surface area is 65.7 Å². The molecule has 0 spiro atoms. The molecule has 11 heavy (non-hydrogen) atoms. The van der Waals surface area contributed by atoms with Crippen molar-refractivity contribution in [2.75, 3.05) is 5.43 Å². The van der Waals surface area contributed by atoms with Crippen LogP contribution in [0.1, 0.15) is 5.56 Å². The van der Waals surface area contributed by atoms with Gasteiger partial charge in [0.25, 0.3) is 0 Å². The molecule has 0 radical (unpaired) electrons. The molecule has 0 bridgehead atoms. The van der Waals surface area contributed by atoms with Gasteiger partial charge in [-0.1, -0.05) is 18.7 Å². The van der Waals surface area contributed by atoms with Gasteiger partial charge >= 0.3 is 0 Å². The summed E-state index contributed by atoms with van der Waals surface area (Å²) in [7, 11) is 0. The van der Waals surface area contributed by atoms with Crippen LogP contribution in [0.15, 0.2) is 30.8 Å². The predicted octanol–water partition coefficient (Wildman–Crippen LogP) is 0.902. The summed E-state index contributed by atoms with van der Waals surface area (Å²) in [4.78, 5) is 0. The molecule has 0 fully saturated rings. The van der Waals surface area contributed by atoms with Gasteiger partial charge in [-0.05, 0) is 17.7 Å². The van der Waals surface area contributed by atoms with Gasteiger partial charge in [0.05, 0.1) is 0 Å².